The fourth-order valence-electron chi connectivity index (χ4n) is 2.15. The Balaban J connectivity index is 1.92. The molecule has 0 saturated heterocycles. The summed E-state index contributed by atoms with van der Waals surface area (Å²) in [5, 5.41) is 22.4. The van der Waals surface area contributed by atoms with Crippen molar-refractivity contribution in [1.29, 1.82) is 0 Å². The molecule has 0 fully saturated rings. The van der Waals surface area contributed by atoms with E-state index in [4.69, 9.17) is 0 Å². The van der Waals surface area contributed by atoms with E-state index >= 15 is 0 Å². The third kappa shape index (κ3) is 1.95. The third-order valence-corrected chi connectivity index (χ3v) is 5.66. The van der Waals surface area contributed by atoms with Gasteiger partial charge in [-0.2, -0.15) is 26.0 Å². The Kier molecular flexibility index (Phi) is 2.95. The van der Waals surface area contributed by atoms with Crippen LogP contribution < -0.4 is 0 Å². The molecule has 0 bridgehead atoms. The molecule has 0 N–H and O–H groups in total. The lowest BCUT2D eigenvalue weighted by atomic mass is 10.3. The molecule has 4 aromatic heterocycles. The molecule has 21 heavy (non-hydrogen) atoms. The molecule has 0 spiro atoms. The van der Waals surface area contributed by atoms with E-state index in [1.165, 1.54) is 11.3 Å². The van der Waals surface area contributed by atoms with E-state index in [1.54, 1.807) is 15.9 Å². The van der Waals surface area contributed by atoms with Crippen molar-refractivity contribution in [3.63, 3.8) is 0 Å². The van der Waals surface area contributed by atoms with E-state index in [2.05, 4.69) is 36.3 Å². The van der Waals surface area contributed by atoms with Crippen LogP contribution in [0.15, 0.2) is 21.3 Å². The molecule has 106 valence electrons. The summed E-state index contributed by atoms with van der Waals surface area (Å²) in [6.07, 6.45) is 0. The van der Waals surface area contributed by atoms with Crippen LogP contribution in [0.5, 0.6) is 0 Å². The third-order valence-electron chi connectivity index (χ3n) is 3.12. The first-order valence-electron chi connectivity index (χ1n) is 6.09. The fraction of sp³-hybridized carbons (Fsp3) is 0.167. The summed E-state index contributed by atoms with van der Waals surface area (Å²) in [5.41, 5.74) is 2.93. The average molecular weight is 381 g/mol. The number of aryl methyl sites for hydroxylation is 2. The van der Waals surface area contributed by atoms with Gasteiger partial charge in [0.2, 0.25) is 4.96 Å². The minimum absolute atomic E-state index is 0.767. The second kappa shape index (κ2) is 4.72. The number of halogens is 1. The minimum atomic E-state index is 0.767. The van der Waals surface area contributed by atoms with Gasteiger partial charge in [-0.25, -0.2) is 0 Å². The van der Waals surface area contributed by atoms with Crippen molar-refractivity contribution in [1.82, 2.24) is 29.6 Å². The van der Waals surface area contributed by atoms with Gasteiger partial charge in [0, 0.05) is 18.0 Å². The second-order valence-corrected chi connectivity index (χ2v) is 7.04. The second-order valence-electron chi connectivity index (χ2n) is 4.51. The summed E-state index contributed by atoms with van der Waals surface area (Å²) in [4.78, 5) is 0.775. The van der Waals surface area contributed by atoms with Crippen molar-refractivity contribution in [2.24, 2.45) is 7.05 Å². The average Bonchev–Trinajstić information content (AvgIpc) is 3.15. The first-order valence-corrected chi connectivity index (χ1v) is 8.64. The zero-order valence-corrected chi connectivity index (χ0v) is 14.3. The normalized spacial score (nSPS) is 11.6. The Hall–Kier alpha value is -1.58. The number of fused-ring (bicyclic) bond motifs is 1. The highest BCUT2D eigenvalue weighted by molar-refractivity contribution is 9.10. The Morgan fingerprint density at radius 2 is 2.10 bits per heavy atom. The van der Waals surface area contributed by atoms with Crippen molar-refractivity contribution in [2.45, 2.75) is 6.92 Å². The molecular formula is C12H9BrN6S2. The number of hydrogen-bond acceptors (Lipinski definition) is 6. The lowest BCUT2D eigenvalue weighted by Gasteiger charge is -1.97. The summed E-state index contributed by atoms with van der Waals surface area (Å²) in [5.74, 6) is 0.767. The molecule has 0 amide bonds. The largest absolute Gasteiger partial charge is 0.264 e. The Labute approximate surface area is 136 Å². The molecule has 4 heterocycles. The zero-order valence-electron chi connectivity index (χ0n) is 11.1. The molecule has 0 aliphatic carbocycles. The van der Waals surface area contributed by atoms with Gasteiger partial charge in [-0.15, -0.1) is 10.2 Å². The van der Waals surface area contributed by atoms with E-state index in [0.717, 1.165) is 37.2 Å². The van der Waals surface area contributed by atoms with Crippen LogP contribution in [0.1, 0.15) is 5.69 Å². The molecular weight excluding hydrogens is 372 g/mol. The monoisotopic (exact) mass is 380 g/mol. The van der Waals surface area contributed by atoms with Crippen LogP contribution in [0.4, 0.5) is 0 Å². The molecule has 0 unspecified atom stereocenters. The van der Waals surface area contributed by atoms with E-state index in [0.29, 0.717) is 0 Å². The first-order chi connectivity index (χ1) is 10.1. The van der Waals surface area contributed by atoms with Gasteiger partial charge in [0.15, 0.2) is 10.8 Å². The van der Waals surface area contributed by atoms with Crippen molar-refractivity contribution < 1.29 is 0 Å². The van der Waals surface area contributed by atoms with E-state index in [1.807, 2.05) is 35.5 Å². The Bertz CT molecular complexity index is 933. The van der Waals surface area contributed by atoms with Gasteiger partial charge >= 0.3 is 0 Å². The molecule has 9 heteroatoms. The predicted octanol–water partition coefficient (Wildman–Crippen LogP) is 3.39. The highest BCUT2D eigenvalue weighted by atomic mass is 79.9. The number of aromatic nitrogens is 6. The van der Waals surface area contributed by atoms with Gasteiger partial charge in [-0.3, -0.25) is 4.68 Å². The number of thiophene rings is 1. The number of rotatable bonds is 2. The molecule has 4 aromatic rings. The Morgan fingerprint density at radius 1 is 1.24 bits per heavy atom. The summed E-state index contributed by atoms with van der Waals surface area (Å²) < 4.78 is 4.58. The van der Waals surface area contributed by atoms with Crippen molar-refractivity contribution in [2.75, 3.05) is 0 Å². The van der Waals surface area contributed by atoms with Crippen molar-refractivity contribution in [3.05, 3.63) is 27.0 Å². The predicted molar refractivity (Wildman–Crippen MR) is 86.6 cm³/mol. The lowest BCUT2D eigenvalue weighted by molar-refractivity contribution is 0.761. The van der Waals surface area contributed by atoms with Crippen LogP contribution in [0, 0.1) is 6.92 Å². The molecule has 0 aliphatic rings. The van der Waals surface area contributed by atoms with Crippen LogP contribution in [-0.2, 0) is 7.05 Å². The number of nitrogens with zero attached hydrogens (tertiary/aromatic N) is 6. The summed E-state index contributed by atoms with van der Waals surface area (Å²) >= 11 is 6.71. The van der Waals surface area contributed by atoms with E-state index in [-0.39, 0.29) is 0 Å². The van der Waals surface area contributed by atoms with E-state index in [9.17, 15) is 0 Å². The summed E-state index contributed by atoms with van der Waals surface area (Å²) in [6.45, 7) is 1.96. The standard InChI is InChI=1S/C12H9BrN6S2/c1-6-8(13)9(18(2)16-6)11-17-19-10(7-3-4-20-5-7)14-15-12(19)21-11/h3-5H,1-2H3. The van der Waals surface area contributed by atoms with Gasteiger partial charge in [0.1, 0.15) is 5.69 Å². The summed E-state index contributed by atoms with van der Waals surface area (Å²) in [7, 11) is 1.91. The molecule has 0 aliphatic heterocycles. The molecule has 0 aromatic carbocycles. The highest BCUT2D eigenvalue weighted by Crippen LogP contribution is 2.34. The topological polar surface area (TPSA) is 60.9 Å². The highest BCUT2D eigenvalue weighted by Gasteiger charge is 2.20. The molecule has 6 nitrogen and oxygen atoms in total. The molecule has 4 rings (SSSR count). The van der Waals surface area contributed by atoms with E-state index < -0.39 is 0 Å². The van der Waals surface area contributed by atoms with Gasteiger partial charge < -0.3 is 0 Å². The SMILES string of the molecule is Cc1nn(C)c(-c2nn3c(-c4ccsc4)nnc3s2)c1Br. The maximum Gasteiger partial charge on any atom is 0.235 e. The maximum atomic E-state index is 4.66. The van der Waals surface area contributed by atoms with Crippen LogP contribution in [-0.4, -0.2) is 29.6 Å². The Morgan fingerprint density at radius 3 is 2.76 bits per heavy atom. The van der Waals surface area contributed by atoms with Crippen LogP contribution in [0.2, 0.25) is 0 Å². The van der Waals surface area contributed by atoms with Crippen LogP contribution in [0.3, 0.4) is 0 Å². The van der Waals surface area contributed by atoms with Gasteiger partial charge in [-0.1, -0.05) is 11.3 Å². The minimum Gasteiger partial charge on any atom is -0.264 e. The fourth-order valence-corrected chi connectivity index (χ4v) is 4.36. The number of hydrogen-bond donors (Lipinski definition) is 0. The van der Waals surface area contributed by atoms with Crippen LogP contribution >= 0.6 is 38.6 Å². The molecule has 0 saturated carbocycles. The smallest absolute Gasteiger partial charge is 0.235 e. The summed E-state index contributed by atoms with van der Waals surface area (Å²) in [6, 6.07) is 2.02. The molecule has 0 radical (unpaired) electrons. The maximum absolute atomic E-state index is 4.66. The lowest BCUT2D eigenvalue weighted by Crippen LogP contribution is -1.95. The van der Waals surface area contributed by atoms with Crippen molar-refractivity contribution >= 4 is 43.6 Å². The van der Waals surface area contributed by atoms with Crippen LogP contribution in [0.25, 0.3) is 27.1 Å². The van der Waals surface area contributed by atoms with Crippen molar-refractivity contribution in [3.8, 4) is 22.1 Å². The van der Waals surface area contributed by atoms with Gasteiger partial charge in [0.25, 0.3) is 0 Å². The zero-order chi connectivity index (χ0) is 14.6. The van der Waals surface area contributed by atoms with Gasteiger partial charge in [0.05, 0.1) is 10.2 Å². The van der Waals surface area contributed by atoms with Gasteiger partial charge in [-0.05, 0) is 34.3 Å². The first kappa shape index (κ1) is 13.1. The quantitative estimate of drug-likeness (QED) is 0.534. The molecule has 0 atom stereocenters.